The number of nitrogens with two attached hydrogens (primary N) is 1. The predicted octanol–water partition coefficient (Wildman–Crippen LogP) is 3.92. The number of ether oxygens (including phenoxy) is 1. The lowest BCUT2D eigenvalue weighted by Gasteiger charge is -2.36. The third kappa shape index (κ3) is 12.3. The van der Waals surface area contributed by atoms with Crippen molar-refractivity contribution in [2.75, 3.05) is 6.54 Å². The molecule has 2 atom stereocenters. The lowest BCUT2D eigenvalue weighted by atomic mass is 9.99. The van der Waals surface area contributed by atoms with E-state index in [-0.39, 0.29) is 25.1 Å². The van der Waals surface area contributed by atoms with Crippen molar-refractivity contribution >= 4 is 23.8 Å². The Kier molecular flexibility index (Phi) is 12.6. The molecule has 5 N–H and O–H groups in total. The lowest BCUT2D eigenvalue weighted by Crippen LogP contribution is -2.55. The molecule has 0 heterocycles. The van der Waals surface area contributed by atoms with Gasteiger partial charge in [-0.15, -0.1) is 0 Å². The van der Waals surface area contributed by atoms with Gasteiger partial charge in [-0.05, 0) is 72.1 Å². The number of hydrogen-bond donors (Lipinski definition) is 4. The summed E-state index contributed by atoms with van der Waals surface area (Å²) in [5.74, 6) is -1.53. The summed E-state index contributed by atoms with van der Waals surface area (Å²) < 4.78 is 5.35. The van der Waals surface area contributed by atoms with E-state index >= 15 is 0 Å². The molecule has 0 saturated carbocycles. The standard InChI is InChI=1S/C28H46N4O6/c1-8-9-10-11-18-32(23(24(35)31-27(2,3)4)19-12-14-20(33)15-13-19)25(36)21(16-17-22(29)34)30-26(37)38-28(5,6)7/h12-15,21,23,33H,8-11,16-18H2,1-7H3,(H2,29,34)(H,30,37)(H,31,35). The van der Waals surface area contributed by atoms with Crippen molar-refractivity contribution in [1.29, 1.82) is 0 Å². The molecule has 0 aliphatic rings. The second-order valence-corrected chi connectivity index (χ2v) is 11.5. The van der Waals surface area contributed by atoms with E-state index in [1.165, 1.54) is 17.0 Å². The highest BCUT2D eigenvalue weighted by Crippen LogP contribution is 2.26. The first-order chi connectivity index (χ1) is 17.5. The SMILES string of the molecule is CCCCCCN(C(=O)C(CCC(N)=O)NC(=O)OC(C)(C)C)C(C(=O)NC(C)(C)C)c1ccc(O)cc1. The molecule has 0 saturated heterocycles. The van der Waals surface area contributed by atoms with Crippen LogP contribution < -0.4 is 16.4 Å². The number of aromatic hydroxyl groups is 1. The van der Waals surface area contributed by atoms with Gasteiger partial charge in [-0.3, -0.25) is 14.4 Å². The van der Waals surface area contributed by atoms with E-state index < -0.39 is 47.0 Å². The number of hydrogen-bond acceptors (Lipinski definition) is 6. The van der Waals surface area contributed by atoms with Crippen LogP contribution in [0.4, 0.5) is 4.79 Å². The normalized spacial score (nSPS) is 13.2. The highest BCUT2D eigenvalue weighted by atomic mass is 16.6. The molecule has 1 aromatic rings. The topological polar surface area (TPSA) is 151 Å². The summed E-state index contributed by atoms with van der Waals surface area (Å²) in [6.45, 7) is 12.9. The number of phenols is 1. The molecule has 0 bridgehead atoms. The van der Waals surface area contributed by atoms with Crippen molar-refractivity contribution in [1.82, 2.24) is 15.5 Å². The fourth-order valence-electron chi connectivity index (χ4n) is 3.84. The average molecular weight is 535 g/mol. The van der Waals surface area contributed by atoms with E-state index in [1.807, 2.05) is 20.8 Å². The molecule has 10 heteroatoms. The molecule has 1 rings (SSSR count). The Labute approximate surface area is 226 Å². The van der Waals surface area contributed by atoms with Gasteiger partial charge in [-0.1, -0.05) is 38.3 Å². The minimum atomic E-state index is -1.15. The second kappa shape index (κ2) is 14.6. The molecule has 10 nitrogen and oxygen atoms in total. The smallest absolute Gasteiger partial charge is 0.408 e. The van der Waals surface area contributed by atoms with Crippen LogP contribution in [0.2, 0.25) is 0 Å². The zero-order chi connectivity index (χ0) is 29.1. The molecule has 0 aromatic heterocycles. The number of phenolic OH excluding ortho intramolecular Hbond substituents is 1. The summed E-state index contributed by atoms with van der Waals surface area (Å²) >= 11 is 0. The van der Waals surface area contributed by atoms with E-state index in [9.17, 15) is 24.3 Å². The number of nitrogens with one attached hydrogen (secondary N) is 2. The van der Waals surface area contributed by atoms with Gasteiger partial charge in [-0.25, -0.2) is 4.79 Å². The fraction of sp³-hybridized carbons (Fsp3) is 0.643. The monoisotopic (exact) mass is 534 g/mol. The van der Waals surface area contributed by atoms with Gasteiger partial charge in [0.2, 0.25) is 17.7 Å². The van der Waals surface area contributed by atoms with E-state index in [4.69, 9.17) is 10.5 Å². The number of rotatable bonds is 13. The van der Waals surface area contributed by atoms with E-state index in [0.29, 0.717) is 12.0 Å². The zero-order valence-electron chi connectivity index (χ0n) is 23.9. The van der Waals surface area contributed by atoms with Gasteiger partial charge in [0.25, 0.3) is 0 Å². The highest BCUT2D eigenvalue weighted by molar-refractivity contribution is 5.92. The third-order valence-electron chi connectivity index (χ3n) is 5.47. The number of nitrogens with zero attached hydrogens (tertiary/aromatic N) is 1. The maximum atomic E-state index is 14.0. The summed E-state index contributed by atoms with van der Waals surface area (Å²) in [6.07, 6.45) is 2.41. The van der Waals surface area contributed by atoms with E-state index in [0.717, 1.165) is 19.3 Å². The van der Waals surface area contributed by atoms with Gasteiger partial charge in [0.1, 0.15) is 23.4 Å². The summed E-state index contributed by atoms with van der Waals surface area (Å²) in [5, 5.41) is 15.4. The van der Waals surface area contributed by atoms with Crippen LogP contribution in [-0.4, -0.2) is 57.5 Å². The fourth-order valence-corrected chi connectivity index (χ4v) is 3.84. The summed E-state index contributed by atoms with van der Waals surface area (Å²) in [7, 11) is 0. The predicted molar refractivity (Wildman–Crippen MR) is 146 cm³/mol. The molecule has 0 aliphatic heterocycles. The van der Waals surface area contributed by atoms with Crippen LogP contribution >= 0.6 is 0 Å². The van der Waals surface area contributed by atoms with E-state index in [2.05, 4.69) is 17.6 Å². The van der Waals surface area contributed by atoms with Gasteiger partial charge in [0, 0.05) is 18.5 Å². The molecule has 4 amide bonds. The van der Waals surface area contributed by atoms with Crippen molar-refractivity contribution in [3.63, 3.8) is 0 Å². The minimum Gasteiger partial charge on any atom is -0.508 e. The van der Waals surface area contributed by atoms with Gasteiger partial charge < -0.3 is 31.1 Å². The number of alkyl carbamates (subject to hydrolysis) is 1. The number of benzene rings is 1. The number of carbonyl (C=O) groups excluding carboxylic acids is 4. The van der Waals surface area contributed by atoms with Gasteiger partial charge in [0.15, 0.2) is 0 Å². The van der Waals surface area contributed by atoms with Gasteiger partial charge >= 0.3 is 6.09 Å². The van der Waals surface area contributed by atoms with Crippen molar-refractivity contribution in [2.45, 2.75) is 110 Å². The van der Waals surface area contributed by atoms with Crippen molar-refractivity contribution in [3.8, 4) is 5.75 Å². The largest absolute Gasteiger partial charge is 0.508 e. The van der Waals surface area contributed by atoms with E-state index in [1.54, 1.807) is 32.9 Å². The number of amides is 4. The summed E-state index contributed by atoms with van der Waals surface area (Å²) in [4.78, 5) is 53.3. The van der Waals surface area contributed by atoms with Crippen LogP contribution in [0, 0.1) is 0 Å². The van der Waals surface area contributed by atoms with Crippen molar-refractivity contribution in [2.24, 2.45) is 5.73 Å². The molecular formula is C28H46N4O6. The molecule has 0 fully saturated rings. The Bertz CT molecular complexity index is 934. The lowest BCUT2D eigenvalue weighted by molar-refractivity contribution is -0.143. The highest BCUT2D eigenvalue weighted by Gasteiger charge is 2.37. The van der Waals surface area contributed by atoms with Gasteiger partial charge in [0.05, 0.1) is 0 Å². The van der Waals surface area contributed by atoms with Crippen LogP contribution in [-0.2, 0) is 19.1 Å². The Balaban J connectivity index is 3.51. The molecule has 38 heavy (non-hydrogen) atoms. The average Bonchev–Trinajstić information content (AvgIpc) is 2.76. The van der Waals surface area contributed by atoms with Crippen molar-refractivity contribution in [3.05, 3.63) is 29.8 Å². The molecule has 1 aromatic carbocycles. The summed E-state index contributed by atoms with van der Waals surface area (Å²) in [6, 6.07) is 3.90. The minimum absolute atomic E-state index is 0.0236. The first-order valence-corrected chi connectivity index (χ1v) is 13.2. The Morgan fingerprint density at radius 2 is 1.61 bits per heavy atom. The molecular weight excluding hydrogens is 488 g/mol. The Morgan fingerprint density at radius 3 is 2.11 bits per heavy atom. The number of carbonyl (C=O) groups is 4. The third-order valence-corrected chi connectivity index (χ3v) is 5.47. The first-order valence-electron chi connectivity index (χ1n) is 13.2. The molecule has 2 unspecified atom stereocenters. The number of unbranched alkanes of at least 4 members (excludes halogenated alkanes) is 3. The first kappa shape index (κ1) is 32.7. The van der Waals surface area contributed by atoms with Crippen LogP contribution in [0.5, 0.6) is 5.75 Å². The Hall–Kier alpha value is -3.30. The van der Waals surface area contributed by atoms with Crippen LogP contribution in [0.25, 0.3) is 0 Å². The maximum absolute atomic E-state index is 14.0. The van der Waals surface area contributed by atoms with Crippen molar-refractivity contribution < 1.29 is 29.0 Å². The van der Waals surface area contributed by atoms with Crippen LogP contribution in [0.1, 0.15) is 98.6 Å². The Morgan fingerprint density at radius 1 is 1.00 bits per heavy atom. The van der Waals surface area contributed by atoms with Crippen LogP contribution in [0.15, 0.2) is 24.3 Å². The maximum Gasteiger partial charge on any atom is 0.408 e. The van der Waals surface area contributed by atoms with Crippen LogP contribution in [0.3, 0.4) is 0 Å². The molecule has 0 spiro atoms. The van der Waals surface area contributed by atoms with Gasteiger partial charge in [-0.2, -0.15) is 0 Å². The molecule has 0 radical (unpaired) electrons. The number of primary amides is 1. The summed E-state index contributed by atoms with van der Waals surface area (Å²) in [5.41, 5.74) is 4.47. The quantitative estimate of drug-likeness (QED) is 0.282. The zero-order valence-corrected chi connectivity index (χ0v) is 23.9. The molecule has 214 valence electrons. The molecule has 0 aliphatic carbocycles. The second-order valence-electron chi connectivity index (χ2n) is 11.5.